The molecule has 3 N–H and O–H groups in total. The van der Waals surface area contributed by atoms with E-state index in [0.29, 0.717) is 6.73 Å². The van der Waals surface area contributed by atoms with E-state index in [2.05, 4.69) is 56.1 Å². The second-order valence-electron chi connectivity index (χ2n) is 6.26. The van der Waals surface area contributed by atoms with Gasteiger partial charge in [-0.25, -0.2) is 0 Å². The molecule has 0 aromatic carbocycles. The first-order chi connectivity index (χ1) is 9.84. The van der Waals surface area contributed by atoms with E-state index >= 15 is 0 Å². The van der Waals surface area contributed by atoms with Crippen LogP contribution in [0.25, 0.3) is 0 Å². The summed E-state index contributed by atoms with van der Waals surface area (Å²) in [5.74, 6) is 0. The van der Waals surface area contributed by atoms with Crippen molar-refractivity contribution in [3.63, 3.8) is 0 Å². The van der Waals surface area contributed by atoms with E-state index in [1.54, 1.807) is 6.20 Å². The predicted octanol–water partition coefficient (Wildman–Crippen LogP) is 2.66. The Morgan fingerprint density at radius 3 is 2.52 bits per heavy atom. The SMILES string of the molecule is C=CN/C(=C\NC(C)N(COCC[Si](C)(C)C)NC)CC. The molecule has 0 aromatic heterocycles. The maximum absolute atomic E-state index is 5.77. The summed E-state index contributed by atoms with van der Waals surface area (Å²) >= 11 is 0. The van der Waals surface area contributed by atoms with E-state index in [1.165, 1.54) is 6.04 Å². The molecular formula is C15H34N4OSi. The van der Waals surface area contributed by atoms with Crippen LogP contribution in [0.1, 0.15) is 20.3 Å². The van der Waals surface area contributed by atoms with Crippen LogP contribution in [-0.2, 0) is 4.74 Å². The number of hydrazine groups is 1. The molecule has 0 saturated heterocycles. The van der Waals surface area contributed by atoms with Gasteiger partial charge in [0, 0.05) is 26.6 Å². The van der Waals surface area contributed by atoms with Crippen molar-refractivity contribution in [2.75, 3.05) is 20.4 Å². The molecule has 0 aliphatic heterocycles. The van der Waals surface area contributed by atoms with Crippen LogP contribution in [0.5, 0.6) is 0 Å². The first kappa shape index (κ1) is 20.2. The summed E-state index contributed by atoms with van der Waals surface area (Å²) < 4.78 is 5.77. The average molecular weight is 315 g/mol. The number of hydrogen-bond donors (Lipinski definition) is 3. The van der Waals surface area contributed by atoms with E-state index in [1.807, 2.05) is 18.3 Å². The van der Waals surface area contributed by atoms with Crippen LogP contribution in [0.2, 0.25) is 25.7 Å². The third-order valence-electron chi connectivity index (χ3n) is 3.15. The molecule has 1 atom stereocenters. The fourth-order valence-electron chi connectivity index (χ4n) is 1.60. The highest BCUT2D eigenvalue weighted by Crippen LogP contribution is 2.07. The molecule has 21 heavy (non-hydrogen) atoms. The molecular weight excluding hydrogens is 280 g/mol. The van der Waals surface area contributed by atoms with Crippen LogP contribution < -0.4 is 16.1 Å². The zero-order chi connectivity index (χ0) is 16.3. The van der Waals surface area contributed by atoms with Crippen LogP contribution in [0.15, 0.2) is 24.7 Å². The van der Waals surface area contributed by atoms with Crippen LogP contribution in [0, 0.1) is 0 Å². The normalized spacial score (nSPS) is 14.1. The van der Waals surface area contributed by atoms with Gasteiger partial charge >= 0.3 is 0 Å². The third kappa shape index (κ3) is 10.5. The van der Waals surface area contributed by atoms with Crippen molar-refractivity contribution in [3.8, 4) is 0 Å². The van der Waals surface area contributed by atoms with Crippen molar-refractivity contribution in [2.24, 2.45) is 0 Å². The minimum atomic E-state index is -1.02. The van der Waals surface area contributed by atoms with Gasteiger partial charge in [0.2, 0.25) is 0 Å². The molecule has 0 radical (unpaired) electrons. The van der Waals surface area contributed by atoms with E-state index in [0.717, 1.165) is 18.7 Å². The van der Waals surface area contributed by atoms with Crippen molar-refractivity contribution in [1.82, 2.24) is 21.1 Å². The number of nitrogens with one attached hydrogen (secondary N) is 3. The maximum atomic E-state index is 5.77. The average Bonchev–Trinajstić information content (AvgIpc) is 2.42. The van der Waals surface area contributed by atoms with Crippen molar-refractivity contribution in [1.29, 1.82) is 0 Å². The maximum Gasteiger partial charge on any atom is 0.114 e. The molecule has 124 valence electrons. The van der Waals surface area contributed by atoms with Gasteiger partial charge in [-0.1, -0.05) is 33.1 Å². The lowest BCUT2D eigenvalue weighted by Crippen LogP contribution is -2.49. The second-order valence-corrected chi connectivity index (χ2v) is 11.9. The zero-order valence-electron chi connectivity index (χ0n) is 14.6. The van der Waals surface area contributed by atoms with Crippen LogP contribution in [0.3, 0.4) is 0 Å². The lowest BCUT2D eigenvalue weighted by Gasteiger charge is -2.28. The van der Waals surface area contributed by atoms with Crippen molar-refractivity contribution in [3.05, 3.63) is 24.7 Å². The number of rotatable bonds is 12. The summed E-state index contributed by atoms with van der Waals surface area (Å²) in [5, 5.41) is 8.49. The fourth-order valence-corrected chi connectivity index (χ4v) is 2.36. The van der Waals surface area contributed by atoms with E-state index in [4.69, 9.17) is 4.74 Å². The summed E-state index contributed by atoms with van der Waals surface area (Å²) in [5.41, 5.74) is 4.26. The lowest BCUT2D eigenvalue weighted by atomic mass is 10.3. The molecule has 1 unspecified atom stereocenters. The van der Waals surface area contributed by atoms with Crippen molar-refractivity contribution in [2.45, 2.75) is 52.1 Å². The Bertz CT molecular complexity index is 315. The zero-order valence-corrected chi connectivity index (χ0v) is 15.6. The second kappa shape index (κ2) is 10.8. The standard InChI is InChI=1S/C15H34N4OSi/c1-8-15(17-9-2)12-18-14(3)19(16-4)13-20-10-11-21(5,6)7/h9,12,14,16-18H,2,8,10-11,13H2,1,3-7H3/b15-12-. The lowest BCUT2D eigenvalue weighted by molar-refractivity contribution is -0.0183. The third-order valence-corrected chi connectivity index (χ3v) is 4.85. The molecule has 0 aliphatic rings. The smallest absolute Gasteiger partial charge is 0.114 e. The Labute approximate surface area is 131 Å². The molecule has 0 aromatic rings. The molecule has 0 rings (SSSR count). The number of hydrogen-bond acceptors (Lipinski definition) is 5. The largest absolute Gasteiger partial charge is 0.373 e. The Balaban J connectivity index is 4.17. The first-order valence-electron chi connectivity index (χ1n) is 7.68. The minimum absolute atomic E-state index is 0.134. The summed E-state index contributed by atoms with van der Waals surface area (Å²) in [7, 11) is 0.892. The monoisotopic (exact) mass is 314 g/mol. The number of allylic oxidation sites excluding steroid dienone is 1. The summed E-state index contributed by atoms with van der Waals surface area (Å²) in [6.07, 6.45) is 4.74. The predicted molar refractivity (Wildman–Crippen MR) is 94.2 cm³/mol. The molecule has 5 nitrogen and oxygen atoms in total. The number of nitrogens with zero attached hydrogens (tertiary/aromatic N) is 1. The van der Waals surface area contributed by atoms with Gasteiger partial charge in [-0.2, -0.15) is 5.01 Å². The minimum Gasteiger partial charge on any atom is -0.373 e. The van der Waals surface area contributed by atoms with Gasteiger partial charge in [-0.05, 0) is 32.6 Å². The Hall–Kier alpha value is -0.823. The summed E-state index contributed by atoms with van der Waals surface area (Å²) in [4.78, 5) is 0. The fraction of sp³-hybridized carbons (Fsp3) is 0.733. The highest BCUT2D eigenvalue weighted by molar-refractivity contribution is 6.76. The molecule has 6 heteroatoms. The molecule has 0 aliphatic carbocycles. The highest BCUT2D eigenvalue weighted by atomic mass is 28.3. The van der Waals surface area contributed by atoms with Gasteiger partial charge in [-0.15, -0.1) is 0 Å². The van der Waals surface area contributed by atoms with Gasteiger partial charge in [0.15, 0.2) is 0 Å². The summed E-state index contributed by atoms with van der Waals surface area (Å²) in [6.45, 7) is 16.4. The molecule has 0 amide bonds. The molecule has 0 fully saturated rings. The molecule has 0 bridgehead atoms. The quantitative estimate of drug-likeness (QED) is 0.224. The molecule has 0 spiro atoms. The Morgan fingerprint density at radius 2 is 2.05 bits per heavy atom. The van der Waals surface area contributed by atoms with Gasteiger partial charge in [0.25, 0.3) is 0 Å². The van der Waals surface area contributed by atoms with Crippen LogP contribution in [0.4, 0.5) is 0 Å². The van der Waals surface area contributed by atoms with Crippen molar-refractivity contribution < 1.29 is 4.74 Å². The molecule has 0 heterocycles. The topological polar surface area (TPSA) is 48.6 Å². The van der Waals surface area contributed by atoms with E-state index < -0.39 is 8.07 Å². The van der Waals surface area contributed by atoms with E-state index in [9.17, 15) is 0 Å². The number of ether oxygens (including phenoxy) is 1. The van der Waals surface area contributed by atoms with E-state index in [-0.39, 0.29) is 6.17 Å². The van der Waals surface area contributed by atoms with Crippen LogP contribution in [-0.4, -0.2) is 39.6 Å². The van der Waals surface area contributed by atoms with Gasteiger partial charge in [-0.3, -0.25) is 5.43 Å². The van der Waals surface area contributed by atoms with Gasteiger partial charge in [0.1, 0.15) is 6.73 Å². The van der Waals surface area contributed by atoms with Crippen LogP contribution >= 0.6 is 0 Å². The highest BCUT2D eigenvalue weighted by Gasteiger charge is 2.14. The Kier molecular flexibility index (Phi) is 10.4. The van der Waals surface area contributed by atoms with Gasteiger partial charge < -0.3 is 15.4 Å². The van der Waals surface area contributed by atoms with Crippen molar-refractivity contribution >= 4 is 8.07 Å². The molecule has 0 saturated carbocycles. The first-order valence-corrected chi connectivity index (χ1v) is 11.4. The Morgan fingerprint density at radius 1 is 1.38 bits per heavy atom. The summed E-state index contributed by atoms with van der Waals surface area (Å²) in [6, 6.07) is 1.19. The van der Waals surface area contributed by atoms with Gasteiger partial charge in [0.05, 0.1) is 6.17 Å².